The van der Waals surface area contributed by atoms with Crippen molar-refractivity contribution < 1.29 is 0 Å². The first-order chi connectivity index (χ1) is 20.5. The Morgan fingerprint density at radius 3 is 1.55 bits per heavy atom. The Morgan fingerprint density at radius 2 is 0.929 bits per heavy atom. The quantitative estimate of drug-likeness (QED) is 0.211. The maximum absolute atomic E-state index is 2.48. The molecule has 8 aromatic rings. The molecule has 0 aliphatic carbocycles. The first-order valence-electron chi connectivity index (χ1n) is 14.7. The van der Waals surface area contributed by atoms with Crippen molar-refractivity contribution in [1.29, 1.82) is 0 Å². The van der Waals surface area contributed by atoms with Crippen LogP contribution in [0.5, 0.6) is 0 Å². The van der Waals surface area contributed by atoms with Crippen LogP contribution in [-0.4, -0.2) is 9.13 Å². The summed E-state index contributed by atoms with van der Waals surface area (Å²) in [4.78, 5) is 0. The van der Waals surface area contributed by atoms with E-state index < -0.39 is 0 Å². The topological polar surface area (TPSA) is 9.86 Å². The van der Waals surface area contributed by atoms with Gasteiger partial charge in [0.1, 0.15) is 0 Å². The van der Waals surface area contributed by atoms with Crippen LogP contribution in [0.4, 0.5) is 0 Å². The third kappa shape index (κ3) is 3.72. The standard InChI is InChI=1S/C40H32N2/c1-40(2,3)34-23-21-28(27-13-5-4-6-14-27)25-39(34)42-37-20-12-9-17-32(37)33-26-29(22-24-38(33)42)41-35-18-10-7-15-30(35)31-16-8-11-19-36(31)41/h4-26H,1-3H3. The molecule has 2 nitrogen and oxygen atoms in total. The summed E-state index contributed by atoms with van der Waals surface area (Å²) in [7, 11) is 0. The average Bonchev–Trinajstić information content (AvgIpc) is 3.53. The number of hydrogen-bond donors (Lipinski definition) is 0. The summed E-state index contributed by atoms with van der Waals surface area (Å²) in [6.45, 7) is 6.92. The van der Waals surface area contributed by atoms with Crippen LogP contribution in [0.2, 0.25) is 0 Å². The van der Waals surface area contributed by atoms with Gasteiger partial charge in [0.15, 0.2) is 0 Å². The van der Waals surface area contributed by atoms with Crippen LogP contribution in [0, 0.1) is 0 Å². The fourth-order valence-electron chi connectivity index (χ4n) is 6.72. The van der Waals surface area contributed by atoms with Crippen LogP contribution in [-0.2, 0) is 5.41 Å². The van der Waals surface area contributed by atoms with Crippen LogP contribution in [0.3, 0.4) is 0 Å². The number of fused-ring (bicyclic) bond motifs is 6. The van der Waals surface area contributed by atoms with Crippen molar-refractivity contribution in [2.24, 2.45) is 0 Å². The molecule has 0 aliphatic rings. The van der Waals surface area contributed by atoms with Crippen molar-refractivity contribution in [3.8, 4) is 22.5 Å². The molecule has 0 N–H and O–H groups in total. The lowest BCUT2D eigenvalue weighted by Gasteiger charge is -2.25. The van der Waals surface area contributed by atoms with E-state index in [-0.39, 0.29) is 5.41 Å². The van der Waals surface area contributed by atoms with Crippen molar-refractivity contribution in [2.45, 2.75) is 26.2 Å². The Bertz CT molecular complexity index is 2220. The van der Waals surface area contributed by atoms with Gasteiger partial charge < -0.3 is 9.13 Å². The minimum absolute atomic E-state index is 0.0227. The normalized spacial score (nSPS) is 12.2. The fraction of sp³-hybridized carbons (Fsp3) is 0.100. The number of benzene rings is 6. The minimum atomic E-state index is -0.0227. The van der Waals surface area contributed by atoms with Gasteiger partial charge in [0, 0.05) is 27.2 Å². The van der Waals surface area contributed by atoms with Crippen molar-refractivity contribution in [3.63, 3.8) is 0 Å². The first-order valence-corrected chi connectivity index (χ1v) is 14.7. The number of aromatic nitrogens is 2. The Hall–Kier alpha value is -5.08. The van der Waals surface area contributed by atoms with Crippen LogP contribution in [0.15, 0.2) is 140 Å². The summed E-state index contributed by atoms with van der Waals surface area (Å²) in [5, 5.41) is 5.08. The molecule has 2 aromatic heterocycles. The van der Waals surface area contributed by atoms with Gasteiger partial charge in [-0.15, -0.1) is 0 Å². The summed E-state index contributed by atoms with van der Waals surface area (Å²) in [6, 6.07) is 50.9. The zero-order valence-electron chi connectivity index (χ0n) is 24.2. The van der Waals surface area contributed by atoms with Gasteiger partial charge in [0.2, 0.25) is 0 Å². The lowest BCUT2D eigenvalue weighted by atomic mass is 9.84. The molecule has 0 aliphatic heterocycles. The highest BCUT2D eigenvalue weighted by Crippen LogP contribution is 2.40. The third-order valence-electron chi connectivity index (χ3n) is 8.65. The largest absolute Gasteiger partial charge is 0.309 e. The summed E-state index contributed by atoms with van der Waals surface area (Å²) in [5.41, 5.74) is 11.1. The monoisotopic (exact) mass is 540 g/mol. The van der Waals surface area contributed by atoms with E-state index in [0.717, 1.165) is 0 Å². The van der Waals surface area contributed by atoms with Crippen molar-refractivity contribution in [1.82, 2.24) is 9.13 Å². The Balaban J connectivity index is 1.44. The second-order valence-electron chi connectivity index (χ2n) is 12.3. The fourth-order valence-corrected chi connectivity index (χ4v) is 6.72. The third-order valence-corrected chi connectivity index (χ3v) is 8.65. The molecule has 6 aromatic carbocycles. The van der Waals surface area contributed by atoms with E-state index in [1.54, 1.807) is 0 Å². The molecular formula is C40H32N2. The molecule has 0 saturated carbocycles. The summed E-state index contributed by atoms with van der Waals surface area (Å²) in [6.07, 6.45) is 0. The molecule has 0 saturated heterocycles. The number of para-hydroxylation sites is 3. The Kier molecular flexibility index (Phi) is 5.42. The van der Waals surface area contributed by atoms with Gasteiger partial charge >= 0.3 is 0 Å². The molecule has 0 bridgehead atoms. The molecule has 8 rings (SSSR count). The van der Waals surface area contributed by atoms with E-state index in [1.807, 2.05) is 0 Å². The van der Waals surface area contributed by atoms with Gasteiger partial charge in [0.05, 0.1) is 27.8 Å². The molecule has 0 radical (unpaired) electrons. The molecule has 42 heavy (non-hydrogen) atoms. The van der Waals surface area contributed by atoms with Crippen molar-refractivity contribution in [3.05, 3.63) is 145 Å². The average molecular weight is 541 g/mol. The van der Waals surface area contributed by atoms with Crippen LogP contribution in [0.1, 0.15) is 26.3 Å². The van der Waals surface area contributed by atoms with Crippen LogP contribution >= 0.6 is 0 Å². The van der Waals surface area contributed by atoms with Crippen LogP contribution in [0.25, 0.3) is 66.1 Å². The summed E-state index contributed by atoms with van der Waals surface area (Å²) in [5.74, 6) is 0. The summed E-state index contributed by atoms with van der Waals surface area (Å²) < 4.78 is 4.89. The van der Waals surface area contributed by atoms with E-state index in [1.165, 1.54) is 71.7 Å². The molecular weight excluding hydrogens is 508 g/mol. The highest BCUT2D eigenvalue weighted by molar-refractivity contribution is 6.12. The number of nitrogens with zero attached hydrogens (tertiary/aromatic N) is 2. The molecule has 0 fully saturated rings. The number of rotatable bonds is 3. The molecule has 0 unspecified atom stereocenters. The molecule has 2 heterocycles. The molecule has 0 spiro atoms. The lowest BCUT2D eigenvalue weighted by Crippen LogP contribution is -2.15. The lowest BCUT2D eigenvalue weighted by molar-refractivity contribution is 0.587. The second kappa shape index (κ2) is 9.22. The Labute approximate surface area is 246 Å². The second-order valence-corrected chi connectivity index (χ2v) is 12.3. The smallest absolute Gasteiger partial charge is 0.0542 e. The first kappa shape index (κ1) is 24.7. The van der Waals surface area contributed by atoms with E-state index in [9.17, 15) is 0 Å². The van der Waals surface area contributed by atoms with Crippen molar-refractivity contribution in [2.75, 3.05) is 0 Å². The maximum atomic E-state index is 2.48. The maximum Gasteiger partial charge on any atom is 0.0542 e. The molecule has 0 amide bonds. The van der Waals surface area contributed by atoms with Gasteiger partial charge in [-0.05, 0) is 64.6 Å². The van der Waals surface area contributed by atoms with E-state index in [0.29, 0.717) is 0 Å². The molecule has 202 valence electrons. The van der Waals surface area contributed by atoms with Crippen molar-refractivity contribution >= 4 is 43.6 Å². The van der Waals surface area contributed by atoms with E-state index in [2.05, 4.69) is 169 Å². The predicted octanol–water partition coefficient (Wildman–Crippen LogP) is 10.8. The van der Waals surface area contributed by atoms with Gasteiger partial charge in [-0.1, -0.05) is 118 Å². The van der Waals surface area contributed by atoms with Gasteiger partial charge in [0.25, 0.3) is 0 Å². The molecule has 2 heteroatoms. The zero-order valence-corrected chi connectivity index (χ0v) is 24.2. The number of hydrogen-bond acceptors (Lipinski definition) is 0. The van der Waals surface area contributed by atoms with E-state index in [4.69, 9.17) is 0 Å². The SMILES string of the molecule is CC(C)(C)c1ccc(-c2ccccc2)cc1-n1c2ccccc2c2cc(-n3c4ccccc4c4ccccc43)ccc21. The minimum Gasteiger partial charge on any atom is -0.309 e. The predicted molar refractivity (Wildman–Crippen MR) is 179 cm³/mol. The van der Waals surface area contributed by atoms with Gasteiger partial charge in [-0.3, -0.25) is 0 Å². The van der Waals surface area contributed by atoms with E-state index >= 15 is 0 Å². The summed E-state index contributed by atoms with van der Waals surface area (Å²) >= 11 is 0. The Morgan fingerprint density at radius 1 is 0.405 bits per heavy atom. The molecule has 0 atom stereocenters. The zero-order chi connectivity index (χ0) is 28.4. The van der Waals surface area contributed by atoms with Crippen LogP contribution < -0.4 is 0 Å². The van der Waals surface area contributed by atoms with Gasteiger partial charge in [-0.2, -0.15) is 0 Å². The highest BCUT2D eigenvalue weighted by Gasteiger charge is 2.23. The van der Waals surface area contributed by atoms with Gasteiger partial charge in [-0.25, -0.2) is 0 Å². The highest BCUT2D eigenvalue weighted by atomic mass is 15.0.